The zero-order valence-corrected chi connectivity index (χ0v) is 11.5. The van der Waals surface area contributed by atoms with Crippen molar-refractivity contribution in [1.29, 1.82) is 0 Å². The number of hydrogen-bond acceptors (Lipinski definition) is 4. The highest BCUT2D eigenvalue weighted by Crippen LogP contribution is 2.21. The zero-order valence-electron chi connectivity index (χ0n) is 11.5. The molecule has 0 fully saturated rings. The van der Waals surface area contributed by atoms with Crippen molar-refractivity contribution in [3.05, 3.63) is 60.6 Å². The van der Waals surface area contributed by atoms with Crippen LogP contribution in [0.15, 0.2) is 54.9 Å². The summed E-state index contributed by atoms with van der Waals surface area (Å²) in [7, 11) is 1.80. The molecule has 0 radical (unpaired) electrons. The van der Waals surface area contributed by atoms with E-state index in [1.807, 2.05) is 30.3 Å². The first-order valence-corrected chi connectivity index (χ1v) is 6.57. The van der Waals surface area contributed by atoms with Crippen molar-refractivity contribution in [1.82, 2.24) is 9.97 Å². The van der Waals surface area contributed by atoms with Crippen molar-refractivity contribution in [3.63, 3.8) is 0 Å². The van der Waals surface area contributed by atoms with Crippen LogP contribution >= 0.6 is 0 Å². The SMILES string of the molecule is CNc1ccnc(C(=O)Nc2cccc3ncccc23)c1. The van der Waals surface area contributed by atoms with E-state index in [0.29, 0.717) is 5.69 Å². The molecule has 0 atom stereocenters. The molecule has 1 aromatic carbocycles. The predicted molar refractivity (Wildman–Crippen MR) is 83.5 cm³/mol. The smallest absolute Gasteiger partial charge is 0.274 e. The topological polar surface area (TPSA) is 66.9 Å². The number of benzene rings is 1. The van der Waals surface area contributed by atoms with Gasteiger partial charge >= 0.3 is 0 Å². The summed E-state index contributed by atoms with van der Waals surface area (Å²) >= 11 is 0. The van der Waals surface area contributed by atoms with E-state index in [9.17, 15) is 4.79 Å². The number of aromatic nitrogens is 2. The largest absolute Gasteiger partial charge is 0.388 e. The minimum Gasteiger partial charge on any atom is -0.388 e. The summed E-state index contributed by atoms with van der Waals surface area (Å²) in [5, 5.41) is 6.77. The summed E-state index contributed by atoms with van der Waals surface area (Å²) < 4.78 is 0. The van der Waals surface area contributed by atoms with Crippen molar-refractivity contribution in [2.45, 2.75) is 0 Å². The minimum atomic E-state index is -0.247. The Balaban J connectivity index is 1.93. The lowest BCUT2D eigenvalue weighted by atomic mass is 10.2. The van der Waals surface area contributed by atoms with Gasteiger partial charge in [0.1, 0.15) is 5.69 Å². The number of pyridine rings is 2. The maximum atomic E-state index is 12.3. The summed E-state index contributed by atoms with van der Waals surface area (Å²) in [4.78, 5) is 20.7. The third-order valence-electron chi connectivity index (χ3n) is 3.18. The molecule has 3 aromatic rings. The Hall–Kier alpha value is -2.95. The van der Waals surface area contributed by atoms with Gasteiger partial charge in [-0.2, -0.15) is 0 Å². The van der Waals surface area contributed by atoms with Crippen LogP contribution in [0.5, 0.6) is 0 Å². The Morgan fingerprint density at radius 1 is 1.05 bits per heavy atom. The van der Waals surface area contributed by atoms with Crippen molar-refractivity contribution in [2.75, 3.05) is 17.7 Å². The monoisotopic (exact) mass is 278 g/mol. The molecule has 0 spiro atoms. The Morgan fingerprint density at radius 2 is 1.95 bits per heavy atom. The van der Waals surface area contributed by atoms with Crippen LogP contribution in [-0.2, 0) is 0 Å². The second-order valence-electron chi connectivity index (χ2n) is 4.51. The third kappa shape index (κ3) is 2.67. The van der Waals surface area contributed by atoms with Gasteiger partial charge in [-0.15, -0.1) is 0 Å². The molecule has 2 heterocycles. The fourth-order valence-corrected chi connectivity index (χ4v) is 2.11. The summed E-state index contributed by atoms with van der Waals surface area (Å²) in [6.07, 6.45) is 3.33. The lowest BCUT2D eigenvalue weighted by Crippen LogP contribution is -2.14. The Kier molecular flexibility index (Phi) is 3.47. The first kappa shape index (κ1) is 13.1. The van der Waals surface area contributed by atoms with Crippen LogP contribution in [0.3, 0.4) is 0 Å². The second kappa shape index (κ2) is 5.58. The Labute approximate surface area is 122 Å². The fourth-order valence-electron chi connectivity index (χ4n) is 2.11. The first-order valence-electron chi connectivity index (χ1n) is 6.57. The minimum absolute atomic E-state index is 0.247. The second-order valence-corrected chi connectivity index (χ2v) is 4.51. The van der Waals surface area contributed by atoms with Crippen LogP contribution < -0.4 is 10.6 Å². The number of carbonyl (C=O) groups is 1. The molecular formula is C16H14N4O. The van der Waals surface area contributed by atoms with E-state index >= 15 is 0 Å². The molecule has 0 aliphatic rings. The molecule has 104 valence electrons. The molecule has 21 heavy (non-hydrogen) atoms. The predicted octanol–water partition coefficient (Wildman–Crippen LogP) is 2.92. The van der Waals surface area contributed by atoms with Gasteiger partial charge in [0.2, 0.25) is 0 Å². The highest BCUT2D eigenvalue weighted by molar-refractivity contribution is 6.07. The average Bonchev–Trinajstić information content (AvgIpc) is 2.55. The van der Waals surface area contributed by atoms with E-state index < -0.39 is 0 Å². The van der Waals surface area contributed by atoms with Crippen LogP contribution in [0.25, 0.3) is 10.9 Å². The molecule has 0 aliphatic heterocycles. The van der Waals surface area contributed by atoms with Crippen LogP contribution in [0.1, 0.15) is 10.5 Å². The van der Waals surface area contributed by atoms with Gasteiger partial charge in [-0.1, -0.05) is 6.07 Å². The fraction of sp³-hybridized carbons (Fsp3) is 0.0625. The summed E-state index contributed by atoms with van der Waals surface area (Å²) in [6, 6.07) is 12.9. The van der Waals surface area contributed by atoms with Crippen LogP contribution in [0, 0.1) is 0 Å². The Bertz CT molecular complexity index is 796. The van der Waals surface area contributed by atoms with E-state index in [1.165, 1.54) is 0 Å². The molecular weight excluding hydrogens is 264 g/mol. The number of rotatable bonds is 3. The quantitative estimate of drug-likeness (QED) is 0.773. The maximum Gasteiger partial charge on any atom is 0.274 e. The molecule has 2 aromatic heterocycles. The van der Waals surface area contributed by atoms with E-state index in [2.05, 4.69) is 20.6 Å². The molecule has 5 heteroatoms. The van der Waals surface area contributed by atoms with Crippen molar-refractivity contribution < 1.29 is 4.79 Å². The normalized spacial score (nSPS) is 10.3. The molecule has 2 N–H and O–H groups in total. The van der Waals surface area contributed by atoms with Crippen LogP contribution in [-0.4, -0.2) is 22.9 Å². The first-order chi connectivity index (χ1) is 10.3. The van der Waals surface area contributed by atoms with Crippen molar-refractivity contribution in [2.24, 2.45) is 0 Å². The van der Waals surface area contributed by atoms with Gasteiger partial charge in [0.05, 0.1) is 11.2 Å². The maximum absolute atomic E-state index is 12.3. The highest BCUT2D eigenvalue weighted by atomic mass is 16.1. The third-order valence-corrected chi connectivity index (χ3v) is 3.18. The van der Waals surface area contributed by atoms with Gasteiger partial charge in [0.15, 0.2) is 0 Å². The lowest BCUT2D eigenvalue weighted by molar-refractivity contribution is 0.102. The lowest BCUT2D eigenvalue weighted by Gasteiger charge is -2.08. The molecule has 0 unspecified atom stereocenters. The number of nitrogens with one attached hydrogen (secondary N) is 2. The number of anilines is 2. The van der Waals surface area contributed by atoms with E-state index in [4.69, 9.17) is 0 Å². The summed E-state index contributed by atoms with van der Waals surface area (Å²) in [5.74, 6) is -0.247. The molecule has 0 saturated heterocycles. The molecule has 0 saturated carbocycles. The summed E-state index contributed by atoms with van der Waals surface area (Å²) in [5.41, 5.74) is 2.77. The zero-order chi connectivity index (χ0) is 14.7. The van der Waals surface area contributed by atoms with Crippen LogP contribution in [0.2, 0.25) is 0 Å². The van der Waals surface area contributed by atoms with Gasteiger partial charge in [0.25, 0.3) is 5.91 Å². The van der Waals surface area contributed by atoms with Gasteiger partial charge in [-0.25, -0.2) is 0 Å². The van der Waals surface area contributed by atoms with E-state index in [0.717, 1.165) is 22.3 Å². The number of amides is 1. The standard InChI is InChI=1S/C16H14N4O/c1-17-11-7-9-19-15(10-11)16(21)20-14-6-2-5-13-12(14)4-3-8-18-13/h2-10H,1H3,(H,17,19)(H,20,21). The number of carbonyl (C=O) groups excluding carboxylic acids is 1. The van der Waals surface area contributed by atoms with Gasteiger partial charge < -0.3 is 10.6 Å². The van der Waals surface area contributed by atoms with Gasteiger partial charge in [-0.3, -0.25) is 14.8 Å². The van der Waals surface area contributed by atoms with E-state index in [-0.39, 0.29) is 5.91 Å². The number of nitrogens with zero attached hydrogens (tertiary/aromatic N) is 2. The Morgan fingerprint density at radius 3 is 2.81 bits per heavy atom. The number of hydrogen-bond donors (Lipinski definition) is 2. The molecule has 3 rings (SSSR count). The molecule has 5 nitrogen and oxygen atoms in total. The van der Waals surface area contributed by atoms with Gasteiger partial charge in [-0.05, 0) is 36.4 Å². The summed E-state index contributed by atoms with van der Waals surface area (Å²) in [6.45, 7) is 0. The van der Waals surface area contributed by atoms with Crippen molar-refractivity contribution in [3.8, 4) is 0 Å². The molecule has 1 amide bonds. The van der Waals surface area contributed by atoms with Gasteiger partial charge in [0, 0.05) is 30.5 Å². The highest BCUT2D eigenvalue weighted by Gasteiger charge is 2.10. The molecule has 0 aliphatic carbocycles. The number of fused-ring (bicyclic) bond motifs is 1. The molecule has 0 bridgehead atoms. The van der Waals surface area contributed by atoms with E-state index in [1.54, 1.807) is 31.6 Å². The van der Waals surface area contributed by atoms with Crippen molar-refractivity contribution >= 4 is 28.2 Å². The van der Waals surface area contributed by atoms with Crippen LogP contribution in [0.4, 0.5) is 11.4 Å². The average molecular weight is 278 g/mol.